The molecule has 2 amide bonds. The highest BCUT2D eigenvalue weighted by atomic mass is 16.2. The van der Waals surface area contributed by atoms with Crippen molar-refractivity contribution in [2.75, 3.05) is 18.9 Å². The summed E-state index contributed by atoms with van der Waals surface area (Å²) in [5, 5.41) is 7.35. The van der Waals surface area contributed by atoms with Crippen molar-refractivity contribution in [2.24, 2.45) is 0 Å². The summed E-state index contributed by atoms with van der Waals surface area (Å²) < 4.78 is 1.79. The number of nitrogens with zero attached hydrogens (tertiary/aromatic N) is 3. The van der Waals surface area contributed by atoms with Crippen LogP contribution in [0.5, 0.6) is 0 Å². The Morgan fingerprint density at radius 3 is 2.43 bits per heavy atom. The molecule has 3 rings (SSSR count). The predicted octanol–water partition coefficient (Wildman–Crippen LogP) is 4.32. The Bertz CT molecular complexity index is 1050. The third-order valence-electron chi connectivity index (χ3n) is 5.19. The van der Waals surface area contributed by atoms with Gasteiger partial charge < -0.3 is 10.2 Å². The average molecular weight is 405 g/mol. The van der Waals surface area contributed by atoms with E-state index < -0.39 is 0 Å². The van der Waals surface area contributed by atoms with Crippen molar-refractivity contribution < 1.29 is 9.59 Å². The lowest BCUT2D eigenvalue weighted by Crippen LogP contribution is -2.35. The average Bonchev–Trinajstić information content (AvgIpc) is 3.17. The number of carbonyl (C=O) groups is 2. The van der Waals surface area contributed by atoms with Crippen LogP contribution in [0.4, 0.5) is 5.69 Å². The van der Waals surface area contributed by atoms with Gasteiger partial charge in [0.05, 0.1) is 29.7 Å². The van der Waals surface area contributed by atoms with Gasteiger partial charge in [0.25, 0.3) is 5.91 Å². The maximum absolute atomic E-state index is 13.1. The Morgan fingerprint density at radius 2 is 1.77 bits per heavy atom. The first-order valence-electron chi connectivity index (χ1n) is 10.0. The Labute approximate surface area is 177 Å². The molecule has 6 nitrogen and oxygen atoms in total. The van der Waals surface area contributed by atoms with E-state index in [-0.39, 0.29) is 24.3 Å². The van der Waals surface area contributed by atoms with Crippen molar-refractivity contribution in [2.45, 2.75) is 33.6 Å². The molecule has 0 saturated heterocycles. The number of aryl methyl sites for hydroxylation is 1. The summed E-state index contributed by atoms with van der Waals surface area (Å²) in [6.07, 6.45) is 1.59. The van der Waals surface area contributed by atoms with Crippen molar-refractivity contribution in [3.05, 3.63) is 77.1 Å². The fraction of sp³-hybridized carbons (Fsp3) is 0.292. The molecule has 0 spiro atoms. The second-order valence-electron chi connectivity index (χ2n) is 7.80. The molecule has 0 aliphatic carbocycles. The molecule has 0 radical (unpaired) electrons. The van der Waals surface area contributed by atoms with Gasteiger partial charge in [-0.3, -0.25) is 9.59 Å². The van der Waals surface area contributed by atoms with Crippen molar-refractivity contribution in [3.63, 3.8) is 0 Å². The number of nitrogens with one attached hydrogen (secondary N) is 1. The first kappa shape index (κ1) is 21.3. The van der Waals surface area contributed by atoms with Crippen LogP contribution in [0.15, 0.2) is 54.7 Å². The highest BCUT2D eigenvalue weighted by molar-refractivity contribution is 6.00. The molecule has 0 saturated carbocycles. The summed E-state index contributed by atoms with van der Waals surface area (Å²) in [5.41, 5.74) is 5.12. The molecule has 0 bridgehead atoms. The quantitative estimate of drug-likeness (QED) is 0.665. The van der Waals surface area contributed by atoms with Crippen LogP contribution in [-0.2, 0) is 4.79 Å². The van der Waals surface area contributed by atoms with E-state index in [2.05, 4.69) is 10.4 Å². The maximum atomic E-state index is 13.1. The largest absolute Gasteiger partial charge is 0.332 e. The summed E-state index contributed by atoms with van der Waals surface area (Å²) in [5.74, 6) is -0.373. The van der Waals surface area contributed by atoms with Gasteiger partial charge in [-0.2, -0.15) is 5.10 Å². The zero-order chi connectivity index (χ0) is 21.8. The lowest BCUT2D eigenvalue weighted by Gasteiger charge is -2.19. The normalized spacial score (nSPS) is 10.9. The van der Waals surface area contributed by atoms with E-state index >= 15 is 0 Å². The van der Waals surface area contributed by atoms with Crippen LogP contribution in [0.3, 0.4) is 0 Å². The lowest BCUT2D eigenvalue weighted by atomic mass is 10.0. The highest BCUT2D eigenvalue weighted by Crippen LogP contribution is 2.24. The lowest BCUT2D eigenvalue weighted by molar-refractivity contribution is -0.116. The van der Waals surface area contributed by atoms with Gasteiger partial charge in [-0.05, 0) is 49.1 Å². The molecule has 0 aliphatic heterocycles. The molecule has 156 valence electrons. The first-order valence-corrected chi connectivity index (χ1v) is 10.0. The Morgan fingerprint density at radius 1 is 1.07 bits per heavy atom. The van der Waals surface area contributed by atoms with E-state index in [0.717, 1.165) is 28.2 Å². The minimum atomic E-state index is -0.235. The molecule has 6 heteroatoms. The van der Waals surface area contributed by atoms with Crippen molar-refractivity contribution in [3.8, 4) is 5.69 Å². The predicted molar refractivity (Wildman–Crippen MR) is 119 cm³/mol. The maximum Gasteiger partial charge on any atom is 0.257 e. The number of hydrogen-bond donors (Lipinski definition) is 1. The van der Waals surface area contributed by atoms with Crippen molar-refractivity contribution >= 4 is 17.5 Å². The van der Waals surface area contributed by atoms with Crippen LogP contribution in [0.1, 0.15) is 46.9 Å². The molecule has 1 heterocycles. The van der Waals surface area contributed by atoms with E-state index in [0.29, 0.717) is 5.56 Å². The Kier molecular flexibility index (Phi) is 6.35. The van der Waals surface area contributed by atoms with Gasteiger partial charge in [-0.1, -0.05) is 44.2 Å². The monoisotopic (exact) mass is 404 g/mol. The summed E-state index contributed by atoms with van der Waals surface area (Å²) in [7, 11) is 1.63. The number of likely N-dealkylation sites (N-methyl/N-ethyl adjacent to an activating group) is 1. The van der Waals surface area contributed by atoms with Gasteiger partial charge in [0.1, 0.15) is 0 Å². The van der Waals surface area contributed by atoms with Crippen LogP contribution in [-0.4, -0.2) is 40.1 Å². The molecule has 0 aliphatic rings. The Balaban J connectivity index is 1.78. The van der Waals surface area contributed by atoms with Crippen molar-refractivity contribution in [1.29, 1.82) is 0 Å². The van der Waals surface area contributed by atoms with Gasteiger partial charge in [0.15, 0.2) is 0 Å². The number of hydrogen-bond acceptors (Lipinski definition) is 3. The topological polar surface area (TPSA) is 67.2 Å². The zero-order valence-electron chi connectivity index (χ0n) is 18.1. The third-order valence-corrected chi connectivity index (χ3v) is 5.19. The van der Waals surface area contributed by atoms with Gasteiger partial charge in [-0.25, -0.2) is 4.68 Å². The van der Waals surface area contributed by atoms with Crippen molar-refractivity contribution in [1.82, 2.24) is 14.7 Å². The number of benzene rings is 2. The molecular formula is C24H28N4O2. The fourth-order valence-electron chi connectivity index (χ4n) is 3.42. The minimum Gasteiger partial charge on any atom is -0.332 e. The molecule has 1 aromatic heterocycles. The van der Waals surface area contributed by atoms with Crippen LogP contribution in [0, 0.1) is 13.8 Å². The van der Waals surface area contributed by atoms with Crippen LogP contribution < -0.4 is 5.32 Å². The molecule has 1 N–H and O–H groups in total. The number of para-hydroxylation sites is 1. The third kappa shape index (κ3) is 4.43. The molecule has 0 atom stereocenters. The standard InChI is InChI=1S/C24H28N4O2/c1-16(2)23-20(14-25-28(23)19-11-7-6-8-12-19)24(30)27(5)15-22(29)26-21-13-9-10-17(3)18(21)4/h6-14,16H,15H2,1-5H3,(H,26,29). The van der Waals surface area contributed by atoms with Crippen LogP contribution in [0.2, 0.25) is 0 Å². The SMILES string of the molecule is Cc1cccc(NC(=O)CN(C)C(=O)c2cnn(-c3ccccc3)c2C(C)C)c1C. The fourth-order valence-corrected chi connectivity index (χ4v) is 3.42. The highest BCUT2D eigenvalue weighted by Gasteiger charge is 2.24. The van der Waals surface area contributed by atoms with Gasteiger partial charge in [0.2, 0.25) is 5.91 Å². The second kappa shape index (κ2) is 8.95. The number of rotatable bonds is 6. The van der Waals surface area contributed by atoms with Gasteiger partial charge in [0, 0.05) is 12.7 Å². The summed E-state index contributed by atoms with van der Waals surface area (Å²) in [6, 6.07) is 15.5. The number of aromatic nitrogens is 2. The number of carbonyl (C=O) groups excluding carboxylic acids is 2. The van der Waals surface area contributed by atoms with Gasteiger partial charge in [-0.15, -0.1) is 0 Å². The summed E-state index contributed by atoms with van der Waals surface area (Å²) >= 11 is 0. The molecular weight excluding hydrogens is 376 g/mol. The van der Waals surface area contributed by atoms with Crippen LogP contribution in [0.25, 0.3) is 5.69 Å². The van der Waals surface area contributed by atoms with E-state index in [1.165, 1.54) is 4.90 Å². The zero-order valence-corrected chi connectivity index (χ0v) is 18.1. The first-order chi connectivity index (χ1) is 14.3. The summed E-state index contributed by atoms with van der Waals surface area (Å²) in [4.78, 5) is 27.1. The van der Waals surface area contributed by atoms with Gasteiger partial charge >= 0.3 is 0 Å². The summed E-state index contributed by atoms with van der Waals surface area (Å²) in [6.45, 7) is 7.98. The molecule has 30 heavy (non-hydrogen) atoms. The van der Waals surface area contributed by atoms with Crippen LogP contribution >= 0.6 is 0 Å². The van der Waals surface area contributed by atoms with E-state index in [1.807, 2.05) is 76.2 Å². The smallest absolute Gasteiger partial charge is 0.257 e. The second-order valence-corrected chi connectivity index (χ2v) is 7.80. The number of amides is 2. The van der Waals surface area contributed by atoms with E-state index in [9.17, 15) is 9.59 Å². The van der Waals surface area contributed by atoms with E-state index in [1.54, 1.807) is 17.9 Å². The molecule has 0 fully saturated rings. The number of anilines is 1. The Hall–Kier alpha value is -3.41. The molecule has 2 aromatic carbocycles. The minimum absolute atomic E-state index is 0.0414. The van der Waals surface area contributed by atoms with E-state index in [4.69, 9.17) is 0 Å². The molecule has 3 aromatic rings. The molecule has 0 unspecified atom stereocenters.